The summed E-state index contributed by atoms with van der Waals surface area (Å²) in [5.41, 5.74) is 2.04. The molecule has 0 saturated carbocycles. The number of nitrogens with zero attached hydrogens (tertiary/aromatic N) is 2. The fraction of sp³-hybridized carbons (Fsp3) is 0.222. The Morgan fingerprint density at radius 2 is 2.08 bits per heavy atom. The Hall–Kier alpha value is -2.00. The van der Waals surface area contributed by atoms with Crippen molar-refractivity contribution in [2.45, 2.75) is 19.4 Å². The average Bonchev–Trinajstić information content (AvgIpc) is 3.24. The van der Waals surface area contributed by atoms with Crippen LogP contribution in [0.5, 0.6) is 17.2 Å². The number of phenolic OH excluding ortho intramolecular Hbond substituents is 1. The molecule has 6 nitrogen and oxygen atoms in total. The van der Waals surface area contributed by atoms with Gasteiger partial charge in [0, 0.05) is 23.9 Å². The third-order valence-corrected chi connectivity index (χ3v) is 5.39. The normalized spacial score (nSPS) is 18.2. The molecule has 1 unspecified atom stereocenters. The quantitative estimate of drug-likeness (QED) is 0.652. The molecule has 1 N–H and O–H groups in total. The lowest BCUT2D eigenvalue weighted by Gasteiger charge is -2.20. The van der Waals surface area contributed by atoms with Crippen LogP contribution in [-0.4, -0.2) is 28.5 Å². The van der Waals surface area contributed by atoms with Gasteiger partial charge >= 0.3 is 0 Å². The van der Waals surface area contributed by atoms with E-state index in [1.807, 2.05) is 40.8 Å². The monoisotopic (exact) mass is 484 g/mol. The summed E-state index contributed by atoms with van der Waals surface area (Å²) in [5.74, 6) is 1.27. The van der Waals surface area contributed by atoms with Gasteiger partial charge in [0.15, 0.2) is 11.5 Å². The lowest BCUT2D eigenvalue weighted by molar-refractivity contribution is -0.130. The van der Waals surface area contributed by atoms with E-state index in [0.29, 0.717) is 37.8 Å². The lowest BCUT2D eigenvalue weighted by Crippen LogP contribution is -2.24. The second kappa shape index (κ2) is 6.62. The number of hydrogen-bond donors (Lipinski definition) is 1. The Morgan fingerprint density at radius 1 is 1.31 bits per heavy atom. The maximum atomic E-state index is 12.1. The van der Waals surface area contributed by atoms with Gasteiger partial charge in [0.2, 0.25) is 12.7 Å². The van der Waals surface area contributed by atoms with Crippen LogP contribution < -0.4 is 9.47 Å². The smallest absolute Gasteiger partial charge is 0.240 e. The van der Waals surface area contributed by atoms with Crippen LogP contribution in [0.2, 0.25) is 5.02 Å². The summed E-state index contributed by atoms with van der Waals surface area (Å²) in [7, 11) is 0. The molecular weight excluding hydrogens is 471 g/mol. The fourth-order valence-corrected chi connectivity index (χ4v) is 4.16. The Bertz CT molecular complexity index is 947. The maximum Gasteiger partial charge on any atom is 0.240 e. The number of benzene rings is 2. The van der Waals surface area contributed by atoms with E-state index in [1.165, 1.54) is 11.9 Å². The Morgan fingerprint density at radius 3 is 2.85 bits per heavy atom. The average molecular weight is 485 g/mol. The van der Waals surface area contributed by atoms with Crippen LogP contribution in [-0.2, 0) is 4.79 Å². The zero-order valence-electron chi connectivity index (χ0n) is 13.7. The minimum Gasteiger partial charge on any atom is -0.506 e. The molecule has 0 aromatic heterocycles. The summed E-state index contributed by atoms with van der Waals surface area (Å²) in [5, 5.41) is 16.8. The molecule has 2 aliphatic heterocycles. The van der Waals surface area contributed by atoms with Gasteiger partial charge in [-0.3, -0.25) is 4.79 Å². The Labute approximate surface area is 168 Å². The number of halogens is 2. The highest BCUT2D eigenvalue weighted by Gasteiger charge is 2.33. The molecule has 8 heteroatoms. The first-order valence-electron chi connectivity index (χ1n) is 7.89. The van der Waals surface area contributed by atoms with Gasteiger partial charge in [0.05, 0.1) is 15.3 Å². The predicted octanol–water partition coefficient (Wildman–Crippen LogP) is 4.08. The molecule has 26 heavy (non-hydrogen) atoms. The molecule has 0 radical (unpaired) electrons. The highest BCUT2D eigenvalue weighted by Crippen LogP contribution is 2.40. The van der Waals surface area contributed by atoms with Crippen molar-refractivity contribution < 1.29 is 19.4 Å². The summed E-state index contributed by atoms with van der Waals surface area (Å²) < 4.78 is 11.4. The van der Waals surface area contributed by atoms with Crippen molar-refractivity contribution in [2.24, 2.45) is 5.10 Å². The highest BCUT2D eigenvalue weighted by molar-refractivity contribution is 14.1. The summed E-state index contributed by atoms with van der Waals surface area (Å²) in [6, 6.07) is 8.64. The number of fused-ring (bicyclic) bond motifs is 1. The Kier molecular flexibility index (Phi) is 4.44. The second-order valence-electron chi connectivity index (χ2n) is 6.03. The van der Waals surface area contributed by atoms with Crippen molar-refractivity contribution in [3.05, 3.63) is 50.1 Å². The number of aromatic hydroxyl groups is 1. The Balaban J connectivity index is 1.72. The zero-order chi connectivity index (χ0) is 18.4. The maximum absolute atomic E-state index is 12.1. The number of phenols is 1. The van der Waals surface area contributed by atoms with E-state index in [2.05, 4.69) is 5.10 Å². The van der Waals surface area contributed by atoms with Crippen LogP contribution in [0, 0.1) is 3.57 Å². The summed E-state index contributed by atoms with van der Waals surface area (Å²) in [6.45, 7) is 1.66. The van der Waals surface area contributed by atoms with Crippen molar-refractivity contribution >= 4 is 45.8 Å². The van der Waals surface area contributed by atoms with Crippen molar-refractivity contribution in [3.8, 4) is 17.2 Å². The number of amides is 1. The van der Waals surface area contributed by atoms with Crippen molar-refractivity contribution in [1.82, 2.24) is 5.01 Å². The van der Waals surface area contributed by atoms with Crippen molar-refractivity contribution in [1.29, 1.82) is 0 Å². The second-order valence-corrected chi connectivity index (χ2v) is 7.63. The number of ether oxygens (including phenoxy) is 2. The van der Waals surface area contributed by atoms with Gasteiger partial charge in [-0.05, 0) is 52.4 Å². The third-order valence-electron chi connectivity index (χ3n) is 4.35. The van der Waals surface area contributed by atoms with Crippen LogP contribution in [0.3, 0.4) is 0 Å². The van der Waals surface area contributed by atoms with E-state index in [0.717, 1.165) is 5.56 Å². The molecule has 1 amide bonds. The van der Waals surface area contributed by atoms with E-state index in [-0.39, 0.29) is 24.5 Å². The molecule has 2 aromatic carbocycles. The first-order chi connectivity index (χ1) is 12.4. The number of rotatable bonds is 2. The molecular formula is C18H14ClIN2O4. The molecule has 2 aliphatic rings. The van der Waals surface area contributed by atoms with E-state index < -0.39 is 0 Å². The van der Waals surface area contributed by atoms with Gasteiger partial charge in [-0.15, -0.1) is 0 Å². The number of carbonyl (C=O) groups is 1. The molecule has 0 aliphatic carbocycles. The number of hydrogen-bond acceptors (Lipinski definition) is 5. The van der Waals surface area contributed by atoms with Gasteiger partial charge < -0.3 is 14.6 Å². The standard InChI is InChI=1S/C18H14ClIN2O4/c1-9(23)22-15(10-2-3-16-17(4-10)26-8-25-16)7-14(21-22)12-5-11(19)6-13(20)18(12)24/h2-6,15,24H,7-8H2,1H3. The minimum absolute atomic E-state index is 0.114. The zero-order valence-corrected chi connectivity index (χ0v) is 16.6. The molecule has 2 aromatic rings. The van der Waals surface area contributed by atoms with Crippen molar-refractivity contribution in [2.75, 3.05) is 6.79 Å². The first kappa shape index (κ1) is 17.4. The molecule has 1 atom stereocenters. The van der Waals surface area contributed by atoms with Gasteiger partial charge in [-0.25, -0.2) is 5.01 Å². The van der Waals surface area contributed by atoms with Gasteiger partial charge in [0.1, 0.15) is 5.75 Å². The molecule has 4 rings (SSSR count). The van der Waals surface area contributed by atoms with Crippen molar-refractivity contribution in [3.63, 3.8) is 0 Å². The topological polar surface area (TPSA) is 71.4 Å². The van der Waals surface area contributed by atoms with Crippen LogP contribution in [0.1, 0.15) is 30.5 Å². The number of carbonyl (C=O) groups excluding carboxylic acids is 1. The summed E-state index contributed by atoms with van der Waals surface area (Å²) >= 11 is 8.15. The molecule has 2 heterocycles. The fourth-order valence-electron chi connectivity index (χ4n) is 3.13. The summed E-state index contributed by atoms with van der Waals surface area (Å²) in [4.78, 5) is 12.1. The molecule has 0 saturated heterocycles. The number of hydrazone groups is 1. The largest absolute Gasteiger partial charge is 0.506 e. The molecule has 0 fully saturated rings. The minimum atomic E-state index is -0.284. The van der Waals surface area contributed by atoms with Crippen LogP contribution in [0.15, 0.2) is 35.4 Å². The van der Waals surface area contributed by atoms with E-state index >= 15 is 0 Å². The van der Waals surface area contributed by atoms with E-state index in [9.17, 15) is 9.90 Å². The lowest BCUT2D eigenvalue weighted by atomic mass is 9.97. The van der Waals surface area contributed by atoms with E-state index in [4.69, 9.17) is 21.1 Å². The molecule has 0 spiro atoms. The summed E-state index contributed by atoms with van der Waals surface area (Å²) in [6.07, 6.45) is 0.462. The van der Waals surface area contributed by atoms with Crippen LogP contribution in [0.25, 0.3) is 0 Å². The third kappa shape index (κ3) is 2.99. The van der Waals surface area contributed by atoms with Gasteiger partial charge in [-0.2, -0.15) is 5.10 Å². The van der Waals surface area contributed by atoms with E-state index in [1.54, 1.807) is 12.1 Å². The van der Waals surface area contributed by atoms with Crippen LogP contribution in [0.4, 0.5) is 0 Å². The van der Waals surface area contributed by atoms with Gasteiger partial charge in [0.25, 0.3) is 0 Å². The molecule has 134 valence electrons. The molecule has 0 bridgehead atoms. The van der Waals surface area contributed by atoms with Gasteiger partial charge in [-0.1, -0.05) is 17.7 Å². The SMILES string of the molecule is CC(=O)N1N=C(c2cc(Cl)cc(I)c2O)CC1c1ccc2c(c1)OCO2. The van der Waals surface area contributed by atoms with Crippen LogP contribution >= 0.6 is 34.2 Å². The highest BCUT2D eigenvalue weighted by atomic mass is 127. The first-order valence-corrected chi connectivity index (χ1v) is 9.35. The predicted molar refractivity (Wildman–Crippen MR) is 105 cm³/mol.